The van der Waals surface area contributed by atoms with Crippen molar-refractivity contribution in [2.45, 2.75) is 6.10 Å². The minimum absolute atomic E-state index is 0.110. The Morgan fingerprint density at radius 3 is 2.52 bits per heavy atom. The van der Waals surface area contributed by atoms with Crippen molar-refractivity contribution in [1.82, 2.24) is 5.32 Å². The highest BCUT2D eigenvalue weighted by atomic mass is 127. The highest BCUT2D eigenvalue weighted by molar-refractivity contribution is 14.1. The third-order valence-electron chi connectivity index (χ3n) is 3.37. The van der Waals surface area contributed by atoms with Crippen LogP contribution in [0.5, 0.6) is 11.5 Å². The van der Waals surface area contributed by atoms with Crippen molar-refractivity contribution in [2.75, 3.05) is 20.8 Å². The molecule has 0 aliphatic rings. The molecule has 0 bridgehead atoms. The van der Waals surface area contributed by atoms with Gasteiger partial charge in [-0.1, -0.05) is 18.2 Å². The van der Waals surface area contributed by atoms with E-state index in [1.807, 2.05) is 18.2 Å². The first-order chi connectivity index (χ1) is 11.1. The second kappa shape index (κ2) is 8.16. The Balaban J connectivity index is 2.03. The van der Waals surface area contributed by atoms with E-state index in [0.717, 1.165) is 3.57 Å². The number of benzene rings is 2. The van der Waals surface area contributed by atoms with E-state index in [-0.39, 0.29) is 12.5 Å². The van der Waals surface area contributed by atoms with Crippen molar-refractivity contribution in [3.63, 3.8) is 0 Å². The number of carbonyl (C=O) groups is 1. The van der Waals surface area contributed by atoms with Gasteiger partial charge < -0.3 is 19.9 Å². The maximum absolute atomic E-state index is 12.2. The van der Waals surface area contributed by atoms with E-state index < -0.39 is 6.10 Å². The second-order valence-corrected chi connectivity index (χ2v) is 5.98. The van der Waals surface area contributed by atoms with Gasteiger partial charge in [-0.15, -0.1) is 0 Å². The van der Waals surface area contributed by atoms with Gasteiger partial charge in [-0.05, 0) is 52.4 Å². The van der Waals surface area contributed by atoms with Gasteiger partial charge in [0.05, 0.1) is 25.9 Å². The van der Waals surface area contributed by atoms with E-state index in [2.05, 4.69) is 27.9 Å². The second-order valence-electron chi connectivity index (χ2n) is 4.82. The molecule has 0 fully saturated rings. The molecular weight excluding hydrogens is 409 g/mol. The van der Waals surface area contributed by atoms with Gasteiger partial charge in [-0.25, -0.2) is 0 Å². The van der Waals surface area contributed by atoms with Crippen molar-refractivity contribution in [3.05, 3.63) is 57.2 Å². The highest BCUT2D eigenvalue weighted by Crippen LogP contribution is 2.29. The minimum atomic E-state index is -0.833. The first kappa shape index (κ1) is 17.6. The molecule has 0 saturated carbocycles. The summed E-state index contributed by atoms with van der Waals surface area (Å²) >= 11 is 2.11. The van der Waals surface area contributed by atoms with Gasteiger partial charge >= 0.3 is 0 Å². The number of nitrogens with one attached hydrogen (secondary N) is 1. The number of carbonyl (C=O) groups excluding carboxylic acids is 1. The largest absolute Gasteiger partial charge is 0.493 e. The Kier molecular flexibility index (Phi) is 6.23. The van der Waals surface area contributed by atoms with Crippen molar-refractivity contribution < 1.29 is 19.4 Å². The monoisotopic (exact) mass is 427 g/mol. The SMILES string of the molecule is COc1ccc(C(O)CNC(=O)c2ccccc2I)cc1OC. The molecule has 2 N–H and O–H groups in total. The molecule has 1 unspecified atom stereocenters. The zero-order chi connectivity index (χ0) is 16.8. The van der Waals surface area contributed by atoms with E-state index in [4.69, 9.17) is 9.47 Å². The molecule has 0 saturated heterocycles. The molecule has 0 aliphatic carbocycles. The van der Waals surface area contributed by atoms with Crippen LogP contribution >= 0.6 is 22.6 Å². The number of aliphatic hydroxyl groups is 1. The molecule has 0 radical (unpaired) electrons. The van der Waals surface area contributed by atoms with Crippen LogP contribution in [0.3, 0.4) is 0 Å². The topological polar surface area (TPSA) is 67.8 Å². The molecule has 0 aliphatic heterocycles. The predicted octanol–water partition coefficient (Wildman–Crippen LogP) is 2.77. The Morgan fingerprint density at radius 2 is 1.87 bits per heavy atom. The fraction of sp³-hybridized carbons (Fsp3) is 0.235. The van der Waals surface area contributed by atoms with Crippen LogP contribution in [0.15, 0.2) is 42.5 Å². The molecule has 2 aromatic carbocycles. The predicted molar refractivity (Wildman–Crippen MR) is 96.0 cm³/mol. The Hall–Kier alpha value is -1.80. The summed E-state index contributed by atoms with van der Waals surface area (Å²) in [5.41, 5.74) is 1.23. The third-order valence-corrected chi connectivity index (χ3v) is 4.31. The maximum Gasteiger partial charge on any atom is 0.252 e. The van der Waals surface area contributed by atoms with E-state index in [9.17, 15) is 9.90 Å². The normalized spacial score (nSPS) is 11.7. The van der Waals surface area contributed by atoms with Gasteiger partial charge in [-0.2, -0.15) is 0 Å². The van der Waals surface area contributed by atoms with Gasteiger partial charge in [0, 0.05) is 10.1 Å². The lowest BCUT2D eigenvalue weighted by atomic mass is 10.1. The summed E-state index contributed by atoms with van der Waals surface area (Å²) in [6.07, 6.45) is -0.833. The first-order valence-corrected chi connectivity index (χ1v) is 8.07. The fourth-order valence-corrected chi connectivity index (χ4v) is 2.74. The number of ether oxygens (including phenoxy) is 2. The third kappa shape index (κ3) is 4.35. The summed E-state index contributed by atoms with van der Waals surface area (Å²) in [7, 11) is 3.09. The average Bonchev–Trinajstić information content (AvgIpc) is 2.59. The van der Waals surface area contributed by atoms with E-state index in [1.54, 1.807) is 31.4 Å². The first-order valence-electron chi connectivity index (χ1n) is 6.99. The van der Waals surface area contributed by atoms with E-state index >= 15 is 0 Å². The van der Waals surface area contributed by atoms with Gasteiger partial charge in [0.1, 0.15) is 0 Å². The van der Waals surface area contributed by atoms with Crippen LogP contribution in [-0.2, 0) is 0 Å². The number of rotatable bonds is 6. The molecule has 1 atom stereocenters. The van der Waals surface area contributed by atoms with Crippen LogP contribution in [0.1, 0.15) is 22.0 Å². The number of hydrogen-bond acceptors (Lipinski definition) is 4. The van der Waals surface area contributed by atoms with Crippen LogP contribution < -0.4 is 14.8 Å². The van der Waals surface area contributed by atoms with Crippen molar-refractivity contribution in [3.8, 4) is 11.5 Å². The minimum Gasteiger partial charge on any atom is -0.493 e. The number of hydrogen-bond donors (Lipinski definition) is 2. The van der Waals surface area contributed by atoms with Crippen molar-refractivity contribution in [2.24, 2.45) is 0 Å². The summed E-state index contributed by atoms with van der Waals surface area (Å²) in [6.45, 7) is 0.110. The zero-order valence-corrected chi connectivity index (χ0v) is 15.0. The Morgan fingerprint density at radius 1 is 1.17 bits per heavy atom. The molecule has 2 aromatic rings. The molecule has 23 heavy (non-hydrogen) atoms. The maximum atomic E-state index is 12.2. The molecule has 6 heteroatoms. The van der Waals surface area contributed by atoms with Crippen LogP contribution in [0.4, 0.5) is 0 Å². The lowest BCUT2D eigenvalue weighted by molar-refractivity contribution is 0.0915. The lowest BCUT2D eigenvalue weighted by Crippen LogP contribution is -2.28. The lowest BCUT2D eigenvalue weighted by Gasteiger charge is -2.15. The summed E-state index contributed by atoms with van der Waals surface area (Å²) in [4.78, 5) is 12.2. The summed E-state index contributed by atoms with van der Waals surface area (Å²) in [5.74, 6) is 0.911. The number of halogens is 1. The van der Waals surface area contributed by atoms with Gasteiger partial charge in [0.25, 0.3) is 5.91 Å². The summed E-state index contributed by atoms with van der Waals surface area (Å²) in [6, 6.07) is 12.4. The molecule has 1 amide bonds. The standard InChI is InChI=1S/C17H18INO4/c1-22-15-8-7-11(9-16(15)23-2)14(20)10-19-17(21)12-5-3-4-6-13(12)18/h3-9,14,20H,10H2,1-2H3,(H,19,21). The molecule has 2 rings (SSSR count). The smallest absolute Gasteiger partial charge is 0.252 e. The number of methoxy groups -OCH3 is 2. The van der Waals surface area contributed by atoms with Crippen LogP contribution in [0.25, 0.3) is 0 Å². The molecule has 122 valence electrons. The summed E-state index contributed by atoms with van der Waals surface area (Å²) < 4.78 is 11.2. The number of amides is 1. The molecule has 0 aromatic heterocycles. The highest BCUT2D eigenvalue weighted by Gasteiger charge is 2.14. The molecular formula is C17H18INO4. The van der Waals surface area contributed by atoms with Gasteiger partial charge in [0.2, 0.25) is 0 Å². The van der Waals surface area contributed by atoms with Crippen molar-refractivity contribution in [1.29, 1.82) is 0 Å². The quantitative estimate of drug-likeness (QED) is 0.696. The molecule has 0 spiro atoms. The molecule has 0 heterocycles. The average molecular weight is 427 g/mol. The molecule has 5 nitrogen and oxygen atoms in total. The van der Waals surface area contributed by atoms with Crippen LogP contribution in [0.2, 0.25) is 0 Å². The van der Waals surface area contributed by atoms with Crippen LogP contribution in [0, 0.1) is 3.57 Å². The van der Waals surface area contributed by atoms with E-state index in [0.29, 0.717) is 22.6 Å². The fourth-order valence-electron chi connectivity index (χ4n) is 2.11. The summed E-state index contributed by atoms with van der Waals surface area (Å²) in [5, 5.41) is 13.0. The van der Waals surface area contributed by atoms with Crippen molar-refractivity contribution >= 4 is 28.5 Å². The number of aliphatic hydroxyl groups excluding tert-OH is 1. The van der Waals surface area contributed by atoms with Crippen LogP contribution in [-0.4, -0.2) is 31.8 Å². The zero-order valence-electron chi connectivity index (χ0n) is 12.9. The Bertz CT molecular complexity index is 690. The van der Waals surface area contributed by atoms with Gasteiger partial charge in [-0.3, -0.25) is 4.79 Å². The van der Waals surface area contributed by atoms with E-state index in [1.165, 1.54) is 7.11 Å². The van der Waals surface area contributed by atoms with Gasteiger partial charge in [0.15, 0.2) is 11.5 Å². The Labute approximate surface area is 148 Å².